The van der Waals surface area contributed by atoms with Crippen LogP contribution in [0.1, 0.15) is 5.56 Å². The highest BCUT2D eigenvalue weighted by Gasteiger charge is 2.10. The molecule has 0 saturated heterocycles. The van der Waals surface area contributed by atoms with Crippen molar-refractivity contribution >= 4 is 23.2 Å². The molecule has 0 heterocycles. The molecule has 4 heteroatoms. The smallest absolute Gasteiger partial charge is 0.128 e. The summed E-state index contributed by atoms with van der Waals surface area (Å²) in [5.41, 5.74) is 1.57. The molecule has 2 aromatic rings. The van der Waals surface area contributed by atoms with Gasteiger partial charge in [0.15, 0.2) is 0 Å². The first-order valence-corrected chi connectivity index (χ1v) is 5.99. The van der Waals surface area contributed by atoms with Crippen LogP contribution in [0.3, 0.4) is 0 Å². The molecule has 0 aliphatic carbocycles. The molecular formula is C14H8Cl2FN. The van der Waals surface area contributed by atoms with Crippen molar-refractivity contribution in [2.24, 2.45) is 0 Å². The third-order valence-corrected chi connectivity index (χ3v) is 3.20. The first-order valence-electron chi connectivity index (χ1n) is 5.23. The van der Waals surface area contributed by atoms with E-state index in [0.717, 1.165) is 0 Å². The van der Waals surface area contributed by atoms with Crippen LogP contribution in [-0.2, 0) is 6.42 Å². The number of nitriles is 1. The summed E-state index contributed by atoms with van der Waals surface area (Å²) in [7, 11) is 0. The van der Waals surface area contributed by atoms with Gasteiger partial charge in [-0.2, -0.15) is 5.26 Å². The number of rotatable bonds is 2. The SMILES string of the molecule is N#CCc1ccc(-c2c(Cl)cccc2Cl)cc1F. The van der Waals surface area contributed by atoms with Gasteiger partial charge in [-0.15, -0.1) is 0 Å². The van der Waals surface area contributed by atoms with Gasteiger partial charge in [-0.25, -0.2) is 4.39 Å². The summed E-state index contributed by atoms with van der Waals surface area (Å²) in [5.74, 6) is -0.426. The fourth-order valence-electron chi connectivity index (χ4n) is 1.70. The van der Waals surface area contributed by atoms with E-state index >= 15 is 0 Å². The van der Waals surface area contributed by atoms with Crippen molar-refractivity contribution in [1.29, 1.82) is 5.26 Å². The quantitative estimate of drug-likeness (QED) is 0.770. The Labute approximate surface area is 114 Å². The number of hydrogen-bond donors (Lipinski definition) is 0. The van der Waals surface area contributed by atoms with Crippen LogP contribution < -0.4 is 0 Å². The van der Waals surface area contributed by atoms with Gasteiger partial charge in [0.05, 0.1) is 12.5 Å². The Balaban J connectivity index is 2.53. The van der Waals surface area contributed by atoms with Crippen LogP contribution in [0, 0.1) is 17.1 Å². The van der Waals surface area contributed by atoms with Crippen molar-refractivity contribution in [2.45, 2.75) is 6.42 Å². The Morgan fingerprint density at radius 2 is 1.78 bits per heavy atom. The number of nitrogens with zero attached hydrogens (tertiary/aromatic N) is 1. The third-order valence-electron chi connectivity index (χ3n) is 2.57. The van der Waals surface area contributed by atoms with E-state index in [1.165, 1.54) is 6.07 Å². The second kappa shape index (κ2) is 5.39. The molecule has 0 amide bonds. The molecule has 0 fully saturated rings. The maximum absolute atomic E-state index is 13.7. The predicted molar refractivity (Wildman–Crippen MR) is 71.2 cm³/mol. The summed E-state index contributed by atoms with van der Waals surface area (Å²) in [6, 6.07) is 11.7. The van der Waals surface area contributed by atoms with Gasteiger partial charge in [0.2, 0.25) is 0 Å². The van der Waals surface area contributed by atoms with Crippen LogP contribution in [0.15, 0.2) is 36.4 Å². The highest BCUT2D eigenvalue weighted by molar-refractivity contribution is 6.39. The largest absolute Gasteiger partial charge is 0.207 e. The van der Waals surface area contributed by atoms with Gasteiger partial charge in [0.25, 0.3) is 0 Å². The molecule has 18 heavy (non-hydrogen) atoms. The molecule has 2 aromatic carbocycles. The van der Waals surface area contributed by atoms with Crippen LogP contribution in [0.4, 0.5) is 4.39 Å². The van der Waals surface area contributed by atoms with Crippen LogP contribution >= 0.6 is 23.2 Å². The van der Waals surface area contributed by atoms with Crippen molar-refractivity contribution in [2.75, 3.05) is 0 Å². The van der Waals surface area contributed by atoms with E-state index in [-0.39, 0.29) is 6.42 Å². The van der Waals surface area contributed by atoms with Gasteiger partial charge in [-0.3, -0.25) is 0 Å². The highest BCUT2D eigenvalue weighted by Crippen LogP contribution is 2.35. The zero-order chi connectivity index (χ0) is 13.1. The number of benzene rings is 2. The molecule has 0 aromatic heterocycles. The molecule has 0 atom stereocenters. The monoisotopic (exact) mass is 279 g/mol. The molecule has 0 unspecified atom stereocenters. The van der Waals surface area contributed by atoms with Crippen molar-refractivity contribution in [1.82, 2.24) is 0 Å². The maximum atomic E-state index is 13.7. The lowest BCUT2D eigenvalue weighted by Crippen LogP contribution is -1.90. The molecular weight excluding hydrogens is 272 g/mol. The number of halogens is 3. The lowest BCUT2D eigenvalue weighted by molar-refractivity contribution is 0.616. The summed E-state index contributed by atoms with van der Waals surface area (Å²) in [6.07, 6.45) is 0.0440. The van der Waals surface area contributed by atoms with Gasteiger partial charge in [0, 0.05) is 21.2 Å². The lowest BCUT2D eigenvalue weighted by atomic mass is 10.0. The summed E-state index contributed by atoms with van der Waals surface area (Å²) in [6.45, 7) is 0. The predicted octanol–water partition coefficient (Wildman–Crippen LogP) is 4.87. The molecule has 2 rings (SSSR count). The lowest BCUT2D eigenvalue weighted by Gasteiger charge is -2.08. The Morgan fingerprint density at radius 1 is 1.11 bits per heavy atom. The van der Waals surface area contributed by atoms with Crippen LogP contribution in [0.5, 0.6) is 0 Å². The second-order valence-corrected chi connectivity index (χ2v) is 4.55. The van der Waals surface area contributed by atoms with E-state index in [1.807, 2.05) is 6.07 Å². The normalized spacial score (nSPS) is 10.1. The molecule has 0 bridgehead atoms. The Hall–Kier alpha value is -1.56. The van der Waals surface area contributed by atoms with E-state index in [4.69, 9.17) is 28.5 Å². The Bertz CT molecular complexity index is 612. The molecule has 1 nitrogen and oxygen atoms in total. The third kappa shape index (κ3) is 2.48. The van der Waals surface area contributed by atoms with Gasteiger partial charge in [-0.1, -0.05) is 41.4 Å². The van der Waals surface area contributed by atoms with E-state index < -0.39 is 5.82 Å². The molecule has 0 N–H and O–H groups in total. The molecule has 0 spiro atoms. The van der Waals surface area contributed by atoms with Gasteiger partial charge >= 0.3 is 0 Å². The van der Waals surface area contributed by atoms with Crippen LogP contribution in [-0.4, -0.2) is 0 Å². The van der Waals surface area contributed by atoms with E-state index in [1.54, 1.807) is 30.3 Å². The Morgan fingerprint density at radius 3 is 2.33 bits per heavy atom. The summed E-state index contributed by atoms with van der Waals surface area (Å²) in [5, 5.41) is 9.49. The zero-order valence-electron chi connectivity index (χ0n) is 9.25. The minimum atomic E-state index is -0.426. The van der Waals surface area contributed by atoms with Crippen molar-refractivity contribution in [3.63, 3.8) is 0 Å². The molecule has 90 valence electrons. The maximum Gasteiger partial charge on any atom is 0.128 e. The summed E-state index contributed by atoms with van der Waals surface area (Å²) < 4.78 is 13.7. The molecule has 0 saturated carbocycles. The van der Waals surface area contributed by atoms with Gasteiger partial charge in [0.1, 0.15) is 5.82 Å². The average molecular weight is 280 g/mol. The minimum absolute atomic E-state index is 0.0440. The van der Waals surface area contributed by atoms with E-state index in [9.17, 15) is 4.39 Å². The van der Waals surface area contributed by atoms with Gasteiger partial charge < -0.3 is 0 Å². The number of hydrogen-bond acceptors (Lipinski definition) is 1. The van der Waals surface area contributed by atoms with Crippen molar-refractivity contribution in [3.05, 3.63) is 57.8 Å². The van der Waals surface area contributed by atoms with E-state index in [2.05, 4.69) is 0 Å². The first kappa shape index (κ1) is 12.9. The van der Waals surface area contributed by atoms with Crippen LogP contribution in [0.25, 0.3) is 11.1 Å². The van der Waals surface area contributed by atoms with Crippen molar-refractivity contribution < 1.29 is 4.39 Å². The molecule has 0 aliphatic heterocycles. The topological polar surface area (TPSA) is 23.8 Å². The second-order valence-electron chi connectivity index (χ2n) is 3.74. The van der Waals surface area contributed by atoms with Crippen LogP contribution in [0.2, 0.25) is 10.0 Å². The fraction of sp³-hybridized carbons (Fsp3) is 0.0714. The molecule has 0 aliphatic rings. The molecule has 0 radical (unpaired) electrons. The standard InChI is InChI=1S/C14H8Cl2FN/c15-11-2-1-3-12(16)14(11)10-5-4-9(6-7-18)13(17)8-10/h1-5,8H,6H2. The van der Waals surface area contributed by atoms with Gasteiger partial charge in [-0.05, 0) is 23.8 Å². The Kier molecular flexibility index (Phi) is 3.86. The van der Waals surface area contributed by atoms with Crippen molar-refractivity contribution in [3.8, 4) is 17.2 Å². The van der Waals surface area contributed by atoms with E-state index in [0.29, 0.717) is 26.7 Å². The first-order chi connectivity index (χ1) is 8.63. The average Bonchev–Trinajstić information content (AvgIpc) is 2.32. The highest BCUT2D eigenvalue weighted by atomic mass is 35.5. The minimum Gasteiger partial charge on any atom is -0.207 e. The fourth-order valence-corrected chi connectivity index (χ4v) is 2.32. The summed E-state index contributed by atoms with van der Waals surface area (Å²) in [4.78, 5) is 0. The zero-order valence-corrected chi connectivity index (χ0v) is 10.8. The summed E-state index contributed by atoms with van der Waals surface area (Å²) >= 11 is 12.1.